The Bertz CT molecular complexity index is 1340. The highest BCUT2D eigenvalue weighted by molar-refractivity contribution is 7.07. The molecule has 7 heteroatoms. The molecule has 0 atom stereocenters. The normalized spacial score (nSPS) is 14.2. The Kier molecular flexibility index (Phi) is 8.03. The van der Waals surface area contributed by atoms with Crippen LogP contribution in [0.1, 0.15) is 32.9 Å². The molecule has 0 radical (unpaired) electrons. The van der Waals surface area contributed by atoms with Gasteiger partial charge in [0.1, 0.15) is 5.75 Å². The number of amides is 1. The molecule has 2 heterocycles. The first-order chi connectivity index (χ1) is 18.1. The molecular weight excluding hydrogens is 480 g/mol. The minimum Gasteiger partial charge on any atom is -0.430 e. The smallest absolute Gasteiger partial charge is 0.298 e. The van der Waals surface area contributed by atoms with Crippen molar-refractivity contribution in [2.45, 2.75) is 13.3 Å². The van der Waals surface area contributed by atoms with Crippen LogP contribution in [0.15, 0.2) is 84.9 Å². The molecule has 0 bridgehead atoms. The largest absolute Gasteiger partial charge is 0.430 e. The number of hydrogen-bond acceptors (Lipinski definition) is 6. The van der Waals surface area contributed by atoms with Crippen LogP contribution in [0.25, 0.3) is 6.08 Å². The van der Waals surface area contributed by atoms with Crippen molar-refractivity contribution in [2.75, 3.05) is 32.7 Å². The van der Waals surface area contributed by atoms with Crippen LogP contribution in [0.5, 0.6) is 10.9 Å². The van der Waals surface area contributed by atoms with Gasteiger partial charge in [0.15, 0.2) is 5.82 Å². The third-order valence-corrected chi connectivity index (χ3v) is 6.98. The van der Waals surface area contributed by atoms with Crippen LogP contribution in [0, 0.1) is 6.92 Å². The van der Waals surface area contributed by atoms with E-state index in [0.717, 1.165) is 31.0 Å². The van der Waals surface area contributed by atoms with Crippen LogP contribution in [0.3, 0.4) is 0 Å². The molecule has 1 aliphatic heterocycles. The number of carbonyl (C=O) groups is 1. The molecule has 0 spiro atoms. The second-order valence-corrected chi connectivity index (χ2v) is 9.89. The van der Waals surface area contributed by atoms with Crippen molar-refractivity contribution < 1.29 is 9.53 Å². The van der Waals surface area contributed by atoms with Gasteiger partial charge >= 0.3 is 0 Å². The van der Waals surface area contributed by atoms with E-state index < -0.39 is 0 Å². The van der Waals surface area contributed by atoms with Crippen molar-refractivity contribution >= 4 is 23.5 Å². The molecule has 3 aromatic carbocycles. The number of rotatable bonds is 8. The SMILES string of the molecule is Cc1ccc(Cc2nsc(Oc3cccc(C(=O)N4CCN(CC=Cc5ccccc5)CC4)c3)n2)cc1. The van der Waals surface area contributed by atoms with E-state index in [9.17, 15) is 4.79 Å². The lowest BCUT2D eigenvalue weighted by atomic mass is 10.1. The van der Waals surface area contributed by atoms with Crippen molar-refractivity contribution in [3.05, 3.63) is 113 Å². The van der Waals surface area contributed by atoms with Gasteiger partial charge in [0.05, 0.1) is 0 Å². The second kappa shape index (κ2) is 12.0. The molecule has 1 aromatic heterocycles. The second-order valence-electron chi connectivity index (χ2n) is 9.17. The molecule has 1 saturated heterocycles. The summed E-state index contributed by atoms with van der Waals surface area (Å²) in [5.74, 6) is 1.35. The van der Waals surface area contributed by atoms with E-state index in [1.807, 2.05) is 41.3 Å². The van der Waals surface area contributed by atoms with Crippen molar-refractivity contribution in [1.29, 1.82) is 0 Å². The van der Waals surface area contributed by atoms with Crippen molar-refractivity contribution in [3.63, 3.8) is 0 Å². The molecule has 188 valence electrons. The van der Waals surface area contributed by atoms with Gasteiger partial charge in [-0.25, -0.2) is 0 Å². The van der Waals surface area contributed by atoms with Gasteiger partial charge in [0.2, 0.25) is 0 Å². The highest BCUT2D eigenvalue weighted by atomic mass is 32.1. The number of ether oxygens (including phenoxy) is 1. The lowest BCUT2D eigenvalue weighted by molar-refractivity contribution is 0.0650. The average Bonchev–Trinajstić information content (AvgIpc) is 3.37. The Morgan fingerprint density at radius 2 is 1.76 bits per heavy atom. The summed E-state index contributed by atoms with van der Waals surface area (Å²) >= 11 is 1.22. The van der Waals surface area contributed by atoms with E-state index in [0.29, 0.717) is 36.0 Å². The minimum atomic E-state index is 0.0299. The monoisotopic (exact) mass is 510 g/mol. The molecule has 1 aliphatic rings. The first-order valence-corrected chi connectivity index (χ1v) is 13.3. The summed E-state index contributed by atoms with van der Waals surface area (Å²) in [7, 11) is 0. The summed E-state index contributed by atoms with van der Waals surface area (Å²) in [4.78, 5) is 22.0. The van der Waals surface area contributed by atoms with E-state index in [2.05, 4.69) is 69.7 Å². The summed E-state index contributed by atoms with van der Waals surface area (Å²) in [5.41, 5.74) is 4.22. The predicted molar refractivity (Wildman–Crippen MR) is 148 cm³/mol. The molecule has 0 unspecified atom stereocenters. The minimum absolute atomic E-state index is 0.0299. The van der Waals surface area contributed by atoms with Gasteiger partial charge in [0, 0.05) is 56.2 Å². The molecule has 37 heavy (non-hydrogen) atoms. The maximum atomic E-state index is 13.2. The van der Waals surface area contributed by atoms with E-state index in [1.165, 1.54) is 22.7 Å². The van der Waals surface area contributed by atoms with Gasteiger partial charge in [0.25, 0.3) is 11.1 Å². The third kappa shape index (κ3) is 6.90. The van der Waals surface area contributed by atoms with E-state index in [-0.39, 0.29) is 5.91 Å². The van der Waals surface area contributed by atoms with Gasteiger partial charge < -0.3 is 9.64 Å². The number of aromatic nitrogens is 2. The first kappa shape index (κ1) is 24.9. The number of aryl methyl sites for hydroxylation is 1. The zero-order chi connectivity index (χ0) is 25.5. The van der Waals surface area contributed by atoms with Crippen LogP contribution in [0.4, 0.5) is 0 Å². The Morgan fingerprint density at radius 1 is 0.973 bits per heavy atom. The van der Waals surface area contributed by atoms with Crippen LogP contribution < -0.4 is 4.74 Å². The van der Waals surface area contributed by atoms with E-state index in [4.69, 9.17) is 4.74 Å². The fourth-order valence-corrected chi connectivity index (χ4v) is 4.82. The van der Waals surface area contributed by atoms with E-state index in [1.54, 1.807) is 6.07 Å². The number of benzene rings is 3. The number of piperazine rings is 1. The summed E-state index contributed by atoms with van der Waals surface area (Å²) in [6.45, 7) is 6.09. The van der Waals surface area contributed by atoms with Crippen LogP contribution >= 0.6 is 11.5 Å². The fraction of sp³-hybridized carbons (Fsp3) is 0.233. The first-order valence-electron chi connectivity index (χ1n) is 12.5. The topological polar surface area (TPSA) is 58.6 Å². The van der Waals surface area contributed by atoms with Gasteiger partial charge in [-0.2, -0.15) is 9.36 Å². The zero-order valence-corrected chi connectivity index (χ0v) is 21.7. The highest BCUT2D eigenvalue weighted by Crippen LogP contribution is 2.25. The third-order valence-electron chi connectivity index (χ3n) is 6.35. The molecule has 0 saturated carbocycles. The van der Waals surface area contributed by atoms with Gasteiger partial charge in [-0.3, -0.25) is 9.69 Å². The number of nitrogens with zero attached hydrogens (tertiary/aromatic N) is 4. The maximum absolute atomic E-state index is 13.2. The van der Waals surface area contributed by atoms with Crippen molar-refractivity contribution in [3.8, 4) is 10.9 Å². The molecule has 4 aromatic rings. The predicted octanol–water partition coefficient (Wildman–Crippen LogP) is 5.70. The quantitative estimate of drug-likeness (QED) is 0.304. The van der Waals surface area contributed by atoms with Crippen LogP contribution in [0.2, 0.25) is 0 Å². The highest BCUT2D eigenvalue weighted by Gasteiger charge is 2.22. The van der Waals surface area contributed by atoms with Gasteiger partial charge in [-0.1, -0.05) is 78.4 Å². The Morgan fingerprint density at radius 3 is 2.54 bits per heavy atom. The van der Waals surface area contributed by atoms with Crippen molar-refractivity contribution in [2.24, 2.45) is 0 Å². The lowest BCUT2D eigenvalue weighted by Gasteiger charge is -2.34. The molecule has 5 rings (SSSR count). The van der Waals surface area contributed by atoms with Gasteiger partial charge in [-0.15, -0.1) is 0 Å². The average molecular weight is 511 g/mol. The molecule has 6 nitrogen and oxygen atoms in total. The molecule has 1 fully saturated rings. The molecule has 0 N–H and O–H groups in total. The molecular formula is C30H30N4O2S. The lowest BCUT2D eigenvalue weighted by Crippen LogP contribution is -2.48. The van der Waals surface area contributed by atoms with Crippen LogP contribution in [-0.2, 0) is 6.42 Å². The summed E-state index contributed by atoms with van der Waals surface area (Å²) in [5, 5.41) is 0.476. The summed E-state index contributed by atoms with van der Waals surface area (Å²) < 4.78 is 10.4. The number of hydrogen-bond donors (Lipinski definition) is 0. The van der Waals surface area contributed by atoms with Crippen LogP contribution in [-0.4, -0.2) is 57.8 Å². The molecule has 1 amide bonds. The van der Waals surface area contributed by atoms with E-state index >= 15 is 0 Å². The standard InChI is InChI=1S/C30H30N4O2S/c1-23-12-14-25(15-13-23)21-28-31-30(37-32-28)36-27-11-5-10-26(22-27)29(35)34-19-17-33(18-20-34)16-6-9-24-7-3-2-4-8-24/h2-15,22H,16-21H2,1H3. The summed E-state index contributed by atoms with van der Waals surface area (Å²) in [6.07, 6.45) is 4.99. The zero-order valence-electron chi connectivity index (χ0n) is 20.9. The summed E-state index contributed by atoms with van der Waals surface area (Å²) in [6, 6.07) is 26.0. The number of carbonyl (C=O) groups excluding carboxylic acids is 1. The fourth-order valence-electron chi connectivity index (χ4n) is 4.25. The van der Waals surface area contributed by atoms with Crippen molar-refractivity contribution in [1.82, 2.24) is 19.2 Å². The molecule has 0 aliphatic carbocycles. The Hall–Kier alpha value is -3.81. The Balaban J connectivity index is 1.13. The maximum Gasteiger partial charge on any atom is 0.298 e. The Labute approximate surface area is 222 Å². The van der Waals surface area contributed by atoms with Gasteiger partial charge in [-0.05, 0) is 36.2 Å².